The Morgan fingerprint density at radius 2 is 1.59 bits per heavy atom. The third-order valence-electron chi connectivity index (χ3n) is 5.43. The van der Waals surface area contributed by atoms with Gasteiger partial charge in [0.05, 0.1) is 26.2 Å². The Hall–Kier alpha value is -3.55. The van der Waals surface area contributed by atoms with Crippen LogP contribution in [0.4, 0.5) is 5.69 Å². The Kier molecular flexibility index (Phi) is 7.70. The van der Waals surface area contributed by atoms with Crippen molar-refractivity contribution in [2.75, 3.05) is 32.3 Å². The molecule has 1 aliphatic rings. The highest BCUT2D eigenvalue weighted by atomic mass is 16.5. The Morgan fingerprint density at radius 1 is 1.00 bits per heavy atom. The highest BCUT2D eigenvalue weighted by Gasteiger charge is 2.42. The quantitative estimate of drug-likeness (QED) is 0.635. The summed E-state index contributed by atoms with van der Waals surface area (Å²) in [5.41, 5.74) is 1.42. The van der Waals surface area contributed by atoms with Gasteiger partial charge in [-0.05, 0) is 55.3 Å². The van der Waals surface area contributed by atoms with Crippen molar-refractivity contribution >= 4 is 23.5 Å². The lowest BCUT2D eigenvalue weighted by Gasteiger charge is -2.40. The van der Waals surface area contributed by atoms with Gasteiger partial charge < -0.3 is 24.4 Å². The summed E-state index contributed by atoms with van der Waals surface area (Å²) in [6.45, 7) is 1.89. The molecule has 32 heavy (non-hydrogen) atoms. The van der Waals surface area contributed by atoms with Crippen molar-refractivity contribution in [3.05, 3.63) is 54.1 Å². The third kappa shape index (κ3) is 5.19. The zero-order valence-corrected chi connectivity index (χ0v) is 18.5. The largest absolute Gasteiger partial charge is 0.497 e. The van der Waals surface area contributed by atoms with Crippen LogP contribution in [0.2, 0.25) is 0 Å². The molecule has 0 saturated carbocycles. The van der Waals surface area contributed by atoms with Crippen LogP contribution in [0.15, 0.2) is 48.5 Å². The van der Waals surface area contributed by atoms with Gasteiger partial charge in [0.1, 0.15) is 11.5 Å². The maximum atomic E-state index is 13.0. The standard InChI is InChI=1S/C24H28N2O6/c1-4-25-21(27)15-32-24(29)20-13-14-22(28)26(17-7-11-19(31-3)12-8-17)23(20)16-5-9-18(30-2)10-6-16/h5-12,20,23H,4,13-15H2,1-3H3,(H,25,27)/t20-,23+/m0/s1. The van der Waals surface area contributed by atoms with Crippen LogP contribution in [0.5, 0.6) is 11.5 Å². The summed E-state index contributed by atoms with van der Waals surface area (Å²) in [6, 6.07) is 13.8. The highest BCUT2D eigenvalue weighted by molar-refractivity contribution is 5.97. The van der Waals surface area contributed by atoms with E-state index in [1.165, 1.54) is 0 Å². The number of hydrogen-bond donors (Lipinski definition) is 1. The first-order valence-electron chi connectivity index (χ1n) is 10.5. The number of carbonyl (C=O) groups is 3. The van der Waals surface area contributed by atoms with Gasteiger partial charge in [0.25, 0.3) is 5.91 Å². The van der Waals surface area contributed by atoms with E-state index in [1.54, 1.807) is 62.4 Å². The molecule has 8 nitrogen and oxygen atoms in total. The van der Waals surface area contributed by atoms with Gasteiger partial charge in [-0.25, -0.2) is 0 Å². The van der Waals surface area contributed by atoms with Gasteiger partial charge >= 0.3 is 5.97 Å². The smallest absolute Gasteiger partial charge is 0.311 e. The van der Waals surface area contributed by atoms with E-state index in [2.05, 4.69) is 5.32 Å². The Balaban J connectivity index is 1.96. The molecule has 0 aromatic heterocycles. The molecule has 0 unspecified atom stereocenters. The summed E-state index contributed by atoms with van der Waals surface area (Å²) in [4.78, 5) is 39.4. The molecule has 1 N–H and O–H groups in total. The van der Waals surface area contributed by atoms with Gasteiger partial charge in [0.15, 0.2) is 6.61 Å². The Morgan fingerprint density at radius 3 is 2.16 bits per heavy atom. The number of nitrogens with one attached hydrogen (secondary N) is 1. The van der Waals surface area contributed by atoms with Crippen molar-refractivity contribution in [3.8, 4) is 11.5 Å². The van der Waals surface area contributed by atoms with Crippen molar-refractivity contribution in [2.45, 2.75) is 25.8 Å². The van der Waals surface area contributed by atoms with Crippen LogP contribution >= 0.6 is 0 Å². The average molecular weight is 440 g/mol. The van der Waals surface area contributed by atoms with Crippen LogP contribution in [0.3, 0.4) is 0 Å². The van der Waals surface area contributed by atoms with Crippen molar-refractivity contribution in [1.29, 1.82) is 0 Å². The molecule has 2 atom stereocenters. The molecule has 0 bridgehead atoms. The van der Waals surface area contributed by atoms with Crippen molar-refractivity contribution in [3.63, 3.8) is 0 Å². The highest BCUT2D eigenvalue weighted by Crippen LogP contribution is 2.41. The average Bonchev–Trinajstić information content (AvgIpc) is 2.82. The second-order valence-electron chi connectivity index (χ2n) is 7.39. The molecule has 0 radical (unpaired) electrons. The number of methoxy groups -OCH3 is 2. The lowest BCUT2D eigenvalue weighted by Crippen LogP contribution is -2.46. The van der Waals surface area contributed by atoms with E-state index in [4.69, 9.17) is 14.2 Å². The monoisotopic (exact) mass is 440 g/mol. The van der Waals surface area contributed by atoms with Crippen molar-refractivity contribution < 1.29 is 28.6 Å². The maximum Gasteiger partial charge on any atom is 0.311 e. The Labute approximate surface area is 187 Å². The number of amides is 2. The molecule has 170 valence electrons. The summed E-state index contributed by atoms with van der Waals surface area (Å²) in [5.74, 6) is -0.260. The summed E-state index contributed by atoms with van der Waals surface area (Å²) in [6.07, 6.45) is 0.524. The lowest BCUT2D eigenvalue weighted by atomic mass is 9.83. The molecule has 8 heteroatoms. The van der Waals surface area contributed by atoms with E-state index in [0.717, 1.165) is 5.56 Å². The molecule has 3 rings (SSSR count). The SMILES string of the molecule is CCNC(=O)COC(=O)[C@H]1CCC(=O)N(c2ccc(OC)cc2)[C@@H]1c1ccc(OC)cc1. The van der Waals surface area contributed by atoms with Crippen molar-refractivity contribution in [2.24, 2.45) is 5.92 Å². The summed E-state index contributed by atoms with van der Waals surface area (Å²) in [7, 11) is 3.15. The second-order valence-corrected chi connectivity index (χ2v) is 7.39. The summed E-state index contributed by atoms with van der Waals surface area (Å²) in [5, 5.41) is 2.61. The number of piperidine rings is 1. The fourth-order valence-corrected chi connectivity index (χ4v) is 3.86. The summed E-state index contributed by atoms with van der Waals surface area (Å²) < 4.78 is 15.8. The van der Waals surface area contributed by atoms with E-state index < -0.39 is 17.9 Å². The number of hydrogen-bond acceptors (Lipinski definition) is 6. The summed E-state index contributed by atoms with van der Waals surface area (Å²) >= 11 is 0. The number of rotatable bonds is 8. The predicted molar refractivity (Wildman–Crippen MR) is 119 cm³/mol. The van der Waals surface area contributed by atoms with Gasteiger partial charge in [-0.2, -0.15) is 0 Å². The predicted octanol–water partition coefficient (Wildman–Crippen LogP) is 2.87. The fraction of sp³-hybridized carbons (Fsp3) is 0.375. The molecule has 2 amide bonds. The molecule has 0 aliphatic carbocycles. The van der Waals surface area contributed by atoms with E-state index in [0.29, 0.717) is 30.2 Å². The normalized spacial score (nSPS) is 18.1. The molecular formula is C24H28N2O6. The molecule has 2 aromatic carbocycles. The minimum absolute atomic E-state index is 0.0937. The Bertz CT molecular complexity index is 942. The minimum Gasteiger partial charge on any atom is -0.497 e. The molecule has 1 fully saturated rings. The van der Waals surface area contributed by atoms with Gasteiger partial charge in [-0.3, -0.25) is 14.4 Å². The topological polar surface area (TPSA) is 94.2 Å². The number of esters is 1. The lowest BCUT2D eigenvalue weighted by molar-refractivity contribution is -0.154. The van der Waals surface area contributed by atoms with Crippen LogP contribution in [0, 0.1) is 5.92 Å². The molecule has 1 heterocycles. The van der Waals surface area contributed by atoms with Crippen LogP contribution in [0.25, 0.3) is 0 Å². The first-order valence-corrected chi connectivity index (χ1v) is 10.5. The molecule has 1 aliphatic heterocycles. The van der Waals surface area contributed by atoms with E-state index in [1.807, 2.05) is 12.1 Å². The number of likely N-dealkylation sites (N-methyl/N-ethyl adjacent to an activating group) is 1. The van der Waals surface area contributed by atoms with Crippen LogP contribution in [-0.4, -0.2) is 45.2 Å². The van der Waals surface area contributed by atoms with E-state index >= 15 is 0 Å². The van der Waals surface area contributed by atoms with Crippen LogP contribution in [0.1, 0.15) is 31.4 Å². The van der Waals surface area contributed by atoms with Crippen LogP contribution in [-0.2, 0) is 19.1 Å². The molecule has 1 saturated heterocycles. The van der Waals surface area contributed by atoms with Gasteiger partial charge in [-0.1, -0.05) is 12.1 Å². The van der Waals surface area contributed by atoms with Gasteiger partial charge in [0, 0.05) is 18.7 Å². The zero-order valence-electron chi connectivity index (χ0n) is 18.5. The molecule has 2 aromatic rings. The van der Waals surface area contributed by atoms with Crippen molar-refractivity contribution in [1.82, 2.24) is 5.32 Å². The van der Waals surface area contributed by atoms with Gasteiger partial charge in [0.2, 0.25) is 5.91 Å². The molecular weight excluding hydrogens is 412 g/mol. The number of benzene rings is 2. The number of carbonyl (C=O) groups excluding carboxylic acids is 3. The first-order chi connectivity index (χ1) is 15.5. The molecule has 0 spiro atoms. The van der Waals surface area contributed by atoms with Gasteiger partial charge in [-0.15, -0.1) is 0 Å². The van der Waals surface area contributed by atoms with E-state index in [-0.39, 0.29) is 24.8 Å². The number of ether oxygens (including phenoxy) is 3. The minimum atomic E-state index is -0.627. The first kappa shape index (κ1) is 23.1. The number of anilines is 1. The zero-order chi connectivity index (χ0) is 23.1. The fourth-order valence-electron chi connectivity index (χ4n) is 3.86. The third-order valence-corrected chi connectivity index (χ3v) is 5.43. The number of nitrogens with zero attached hydrogens (tertiary/aromatic N) is 1. The maximum absolute atomic E-state index is 13.0. The van der Waals surface area contributed by atoms with E-state index in [9.17, 15) is 14.4 Å². The second kappa shape index (κ2) is 10.7. The van der Waals surface area contributed by atoms with Crippen LogP contribution < -0.4 is 19.7 Å².